The van der Waals surface area contributed by atoms with Crippen LogP contribution in [0.2, 0.25) is 0 Å². The van der Waals surface area contributed by atoms with Gasteiger partial charge in [-0.2, -0.15) is 0 Å². The summed E-state index contributed by atoms with van der Waals surface area (Å²) in [6.45, 7) is 0. The Morgan fingerprint density at radius 2 is 1.94 bits per heavy atom. The molecule has 0 saturated carbocycles. The Kier molecular flexibility index (Phi) is 3.24. The SMILES string of the molecule is CN(C(=O)C1SC(=O)NC1=O)c1ccc(O)cc1. The first-order valence-electron chi connectivity index (χ1n) is 5.07. The lowest BCUT2D eigenvalue weighted by Gasteiger charge is -2.19. The molecule has 1 heterocycles. The molecule has 0 bridgehead atoms. The Labute approximate surface area is 107 Å². The molecule has 1 aliphatic heterocycles. The van der Waals surface area contributed by atoms with E-state index in [4.69, 9.17) is 5.11 Å². The monoisotopic (exact) mass is 266 g/mol. The van der Waals surface area contributed by atoms with E-state index >= 15 is 0 Å². The van der Waals surface area contributed by atoms with Gasteiger partial charge in [0, 0.05) is 12.7 Å². The van der Waals surface area contributed by atoms with Crippen molar-refractivity contribution in [2.45, 2.75) is 5.25 Å². The quantitative estimate of drug-likeness (QED) is 0.770. The van der Waals surface area contributed by atoms with Crippen molar-refractivity contribution in [3.8, 4) is 5.75 Å². The lowest BCUT2D eigenvalue weighted by molar-refractivity contribution is -0.125. The number of thioether (sulfide) groups is 1. The van der Waals surface area contributed by atoms with Gasteiger partial charge in [-0.25, -0.2) is 0 Å². The highest BCUT2D eigenvalue weighted by Gasteiger charge is 2.39. The highest BCUT2D eigenvalue weighted by Crippen LogP contribution is 2.24. The van der Waals surface area contributed by atoms with Gasteiger partial charge >= 0.3 is 0 Å². The minimum Gasteiger partial charge on any atom is -0.508 e. The van der Waals surface area contributed by atoms with E-state index in [1.165, 1.54) is 24.1 Å². The predicted molar refractivity (Wildman–Crippen MR) is 66.4 cm³/mol. The average Bonchev–Trinajstić information content (AvgIpc) is 2.67. The average molecular weight is 266 g/mol. The largest absolute Gasteiger partial charge is 0.508 e. The van der Waals surface area contributed by atoms with Crippen LogP contribution in [0.5, 0.6) is 5.75 Å². The van der Waals surface area contributed by atoms with Gasteiger partial charge in [0.15, 0.2) is 5.25 Å². The van der Waals surface area contributed by atoms with Crippen LogP contribution in [0.3, 0.4) is 0 Å². The Bertz CT molecular complexity index is 514. The zero-order chi connectivity index (χ0) is 13.3. The molecule has 0 radical (unpaired) electrons. The lowest BCUT2D eigenvalue weighted by Crippen LogP contribution is -2.39. The van der Waals surface area contributed by atoms with Crippen molar-refractivity contribution in [2.75, 3.05) is 11.9 Å². The summed E-state index contributed by atoms with van der Waals surface area (Å²) in [4.78, 5) is 35.7. The Morgan fingerprint density at radius 3 is 2.44 bits per heavy atom. The lowest BCUT2D eigenvalue weighted by atomic mass is 10.2. The molecule has 0 aromatic heterocycles. The number of carbonyl (C=O) groups excluding carboxylic acids is 3. The van der Waals surface area contributed by atoms with Crippen LogP contribution in [-0.2, 0) is 9.59 Å². The zero-order valence-electron chi connectivity index (χ0n) is 9.41. The van der Waals surface area contributed by atoms with E-state index < -0.39 is 22.3 Å². The number of hydrogen-bond donors (Lipinski definition) is 2. The molecule has 2 rings (SSSR count). The molecule has 0 spiro atoms. The number of nitrogens with one attached hydrogen (secondary N) is 1. The van der Waals surface area contributed by atoms with Crippen molar-refractivity contribution in [3.05, 3.63) is 24.3 Å². The Hall–Kier alpha value is -2.02. The zero-order valence-corrected chi connectivity index (χ0v) is 10.2. The maximum absolute atomic E-state index is 12.0. The third-order valence-corrected chi connectivity index (χ3v) is 3.45. The van der Waals surface area contributed by atoms with E-state index in [0.717, 1.165) is 0 Å². The van der Waals surface area contributed by atoms with Gasteiger partial charge in [-0.15, -0.1) is 0 Å². The second-order valence-electron chi connectivity index (χ2n) is 3.69. The van der Waals surface area contributed by atoms with Gasteiger partial charge < -0.3 is 10.0 Å². The number of anilines is 1. The van der Waals surface area contributed by atoms with Crippen molar-refractivity contribution >= 4 is 34.5 Å². The molecule has 1 saturated heterocycles. The number of rotatable bonds is 2. The smallest absolute Gasteiger partial charge is 0.286 e. The van der Waals surface area contributed by atoms with Gasteiger partial charge in [0.05, 0.1) is 0 Å². The third kappa shape index (κ3) is 2.30. The van der Waals surface area contributed by atoms with Gasteiger partial charge in [-0.1, -0.05) is 0 Å². The van der Waals surface area contributed by atoms with Crippen LogP contribution in [0.1, 0.15) is 0 Å². The number of aromatic hydroxyl groups is 1. The molecule has 1 fully saturated rings. The summed E-state index contributed by atoms with van der Waals surface area (Å²) in [5.74, 6) is -0.988. The van der Waals surface area contributed by atoms with Crippen molar-refractivity contribution < 1.29 is 19.5 Å². The minimum absolute atomic E-state index is 0.0859. The van der Waals surface area contributed by atoms with E-state index in [2.05, 4.69) is 5.32 Å². The maximum Gasteiger partial charge on any atom is 0.286 e. The van der Waals surface area contributed by atoms with Crippen LogP contribution in [0, 0.1) is 0 Å². The Morgan fingerprint density at radius 1 is 1.33 bits per heavy atom. The number of carbonyl (C=O) groups is 3. The van der Waals surface area contributed by atoms with Crippen LogP contribution >= 0.6 is 11.8 Å². The molecule has 1 aromatic carbocycles. The minimum atomic E-state index is -1.05. The molecule has 0 aliphatic carbocycles. The Balaban J connectivity index is 2.16. The van der Waals surface area contributed by atoms with Crippen molar-refractivity contribution in [3.63, 3.8) is 0 Å². The molecule has 1 aliphatic rings. The topological polar surface area (TPSA) is 86.7 Å². The molecule has 1 unspecified atom stereocenters. The molecule has 3 amide bonds. The molecular formula is C11H10N2O4S. The summed E-state index contributed by atoms with van der Waals surface area (Å²) in [6, 6.07) is 5.97. The fourth-order valence-electron chi connectivity index (χ4n) is 1.50. The van der Waals surface area contributed by atoms with Crippen molar-refractivity contribution in [1.82, 2.24) is 5.32 Å². The number of amides is 3. The van der Waals surface area contributed by atoms with Gasteiger partial charge in [0.2, 0.25) is 5.91 Å². The summed E-state index contributed by atoms with van der Waals surface area (Å²) >= 11 is 0.668. The number of nitrogens with zero attached hydrogens (tertiary/aromatic N) is 1. The fourth-order valence-corrected chi connectivity index (χ4v) is 2.30. The highest BCUT2D eigenvalue weighted by atomic mass is 32.2. The second-order valence-corrected chi connectivity index (χ2v) is 4.77. The molecule has 2 N–H and O–H groups in total. The standard InChI is InChI=1S/C11H10N2O4S/c1-13(6-2-4-7(14)5-3-6)10(16)8-9(15)12-11(17)18-8/h2-5,8,14H,1H3,(H,12,15,17). The van der Waals surface area contributed by atoms with E-state index in [1.54, 1.807) is 12.1 Å². The van der Waals surface area contributed by atoms with Crippen molar-refractivity contribution in [2.24, 2.45) is 0 Å². The van der Waals surface area contributed by atoms with Crippen LogP contribution in [0.15, 0.2) is 24.3 Å². The molecular weight excluding hydrogens is 256 g/mol. The van der Waals surface area contributed by atoms with Gasteiger partial charge in [0.25, 0.3) is 11.1 Å². The molecule has 94 valence electrons. The van der Waals surface area contributed by atoms with E-state index in [0.29, 0.717) is 17.4 Å². The summed E-state index contributed by atoms with van der Waals surface area (Å²) in [6.07, 6.45) is 0. The summed E-state index contributed by atoms with van der Waals surface area (Å²) in [7, 11) is 1.51. The first kappa shape index (κ1) is 12.4. The van der Waals surface area contributed by atoms with Crippen LogP contribution in [0.25, 0.3) is 0 Å². The number of phenols is 1. The molecule has 6 nitrogen and oxygen atoms in total. The van der Waals surface area contributed by atoms with Crippen LogP contribution in [-0.4, -0.2) is 34.5 Å². The summed E-state index contributed by atoms with van der Waals surface area (Å²) in [5.41, 5.74) is 0.533. The number of hydrogen-bond acceptors (Lipinski definition) is 5. The molecule has 7 heteroatoms. The van der Waals surface area contributed by atoms with E-state index in [1.807, 2.05) is 0 Å². The number of benzene rings is 1. The predicted octanol–water partition coefficient (Wildman–Crippen LogP) is 0.707. The van der Waals surface area contributed by atoms with Gasteiger partial charge in [-0.3, -0.25) is 19.7 Å². The first-order chi connectivity index (χ1) is 8.49. The summed E-state index contributed by atoms with van der Waals surface area (Å²) in [5, 5.41) is 9.65. The third-order valence-electron chi connectivity index (χ3n) is 2.48. The van der Waals surface area contributed by atoms with Crippen LogP contribution in [0.4, 0.5) is 10.5 Å². The van der Waals surface area contributed by atoms with Crippen LogP contribution < -0.4 is 10.2 Å². The van der Waals surface area contributed by atoms with Crippen molar-refractivity contribution in [1.29, 1.82) is 0 Å². The number of phenolic OH excluding ortho intramolecular Hbond substituents is 1. The number of imide groups is 1. The van der Waals surface area contributed by atoms with Gasteiger partial charge in [-0.05, 0) is 36.0 Å². The summed E-state index contributed by atoms with van der Waals surface area (Å²) < 4.78 is 0. The normalized spacial score (nSPS) is 18.6. The molecule has 1 atom stereocenters. The molecule has 18 heavy (non-hydrogen) atoms. The van der Waals surface area contributed by atoms with E-state index in [9.17, 15) is 14.4 Å². The first-order valence-corrected chi connectivity index (χ1v) is 5.95. The van der Waals surface area contributed by atoms with Gasteiger partial charge in [0.1, 0.15) is 5.75 Å². The molecule has 1 aromatic rings. The highest BCUT2D eigenvalue weighted by molar-refractivity contribution is 8.16. The van der Waals surface area contributed by atoms with E-state index in [-0.39, 0.29) is 5.75 Å². The second kappa shape index (κ2) is 4.69. The fraction of sp³-hybridized carbons (Fsp3) is 0.182. The maximum atomic E-state index is 12.0.